The zero-order valence-corrected chi connectivity index (χ0v) is 7.56. The van der Waals surface area contributed by atoms with Gasteiger partial charge in [-0.25, -0.2) is 0 Å². The second-order valence-corrected chi connectivity index (χ2v) is 3.13. The highest BCUT2D eigenvalue weighted by Crippen LogP contribution is 2.30. The fraction of sp³-hybridized carbons (Fsp3) is 0.100. The second-order valence-electron chi connectivity index (χ2n) is 3.13. The van der Waals surface area contributed by atoms with E-state index >= 15 is 0 Å². The van der Waals surface area contributed by atoms with Crippen molar-refractivity contribution >= 4 is 10.8 Å². The molecule has 0 atom stereocenters. The lowest BCUT2D eigenvalue weighted by Gasteiger charge is -2.04. The number of pyridine rings is 1. The van der Waals surface area contributed by atoms with E-state index in [2.05, 4.69) is 0 Å². The van der Waals surface area contributed by atoms with Crippen LogP contribution in [0.4, 0.5) is 0 Å². The van der Waals surface area contributed by atoms with Gasteiger partial charge in [-0.05, 0) is 17.5 Å². The summed E-state index contributed by atoms with van der Waals surface area (Å²) in [6, 6.07) is 4.65. The number of hydrogen-bond donors (Lipinski definition) is 2. The van der Waals surface area contributed by atoms with E-state index in [1.54, 1.807) is 25.4 Å². The Morgan fingerprint density at radius 3 is 2.64 bits per heavy atom. The predicted octanol–water partition coefficient (Wildman–Crippen LogP) is 0.950. The number of aryl methyl sites for hydroxylation is 1. The monoisotopic (exact) mass is 191 g/mol. The Hall–Kier alpha value is -1.97. The fourth-order valence-corrected chi connectivity index (χ4v) is 1.40. The van der Waals surface area contributed by atoms with E-state index in [9.17, 15) is 15.0 Å². The predicted molar refractivity (Wildman–Crippen MR) is 52.5 cm³/mol. The van der Waals surface area contributed by atoms with Gasteiger partial charge in [0, 0.05) is 13.2 Å². The highest BCUT2D eigenvalue weighted by molar-refractivity contribution is 5.89. The van der Waals surface area contributed by atoms with Crippen LogP contribution in [0.1, 0.15) is 0 Å². The number of rotatable bonds is 0. The van der Waals surface area contributed by atoms with Gasteiger partial charge in [-0.2, -0.15) is 0 Å². The average molecular weight is 191 g/mol. The Bertz CT molecular complexity index is 552. The van der Waals surface area contributed by atoms with Gasteiger partial charge in [0.15, 0.2) is 11.5 Å². The molecule has 1 aromatic heterocycles. The summed E-state index contributed by atoms with van der Waals surface area (Å²) >= 11 is 0. The smallest absolute Gasteiger partial charge is 0.262 e. The SMILES string of the molecule is Cn1ccc2ccc(O)c(O)c2c1=O. The quantitative estimate of drug-likeness (QED) is 0.609. The zero-order valence-electron chi connectivity index (χ0n) is 7.56. The van der Waals surface area contributed by atoms with Crippen molar-refractivity contribution < 1.29 is 10.2 Å². The Morgan fingerprint density at radius 2 is 1.93 bits per heavy atom. The molecule has 0 bridgehead atoms. The van der Waals surface area contributed by atoms with Gasteiger partial charge in [-0.15, -0.1) is 0 Å². The molecule has 2 N–H and O–H groups in total. The number of aromatic hydroxyl groups is 2. The Balaban J connectivity index is 3.06. The average Bonchev–Trinajstić information content (AvgIpc) is 2.17. The highest BCUT2D eigenvalue weighted by atomic mass is 16.3. The van der Waals surface area contributed by atoms with Crippen molar-refractivity contribution in [2.75, 3.05) is 0 Å². The van der Waals surface area contributed by atoms with Gasteiger partial charge in [-0.1, -0.05) is 6.07 Å². The molecule has 0 radical (unpaired) electrons. The van der Waals surface area contributed by atoms with Gasteiger partial charge in [0.25, 0.3) is 5.56 Å². The summed E-state index contributed by atoms with van der Waals surface area (Å²) in [5, 5.41) is 19.5. The van der Waals surface area contributed by atoms with Crippen LogP contribution in [-0.2, 0) is 7.05 Å². The van der Waals surface area contributed by atoms with Crippen molar-refractivity contribution in [3.05, 3.63) is 34.7 Å². The summed E-state index contributed by atoms with van der Waals surface area (Å²) in [4.78, 5) is 11.6. The Kier molecular flexibility index (Phi) is 1.70. The Labute approximate surface area is 79.7 Å². The van der Waals surface area contributed by atoms with E-state index in [1.807, 2.05) is 0 Å². The molecule has 14 heavy (non-hydrogen) atoms. The zero-order chi connectivity index (χ0) is 10.3. The molecule has 0 saturated carbocycles. The molecule has 2 aromatic rings. The van der Waals surface area contributed by atoms with Gasteiger partial charge in [0.05, 0.1) is 5.39 Å². The molecule has 0 amide bonds. The van der Waals surface area contributed by atoms with Crippen LogP contribution in [0.15, 0.2) is 29.2 Å². The standard InChI is InChI=1S/C10H9NO3/c1-11-5-4-6-2-3-7(12)9(13)8(6)10(11)14/h2-5,12-13H,1H3. The molecule has 1 heterocycles. The van der Waals surface area contributed by atoms with E-state index in [0.717, 1.165) is 0 Å². The largest absolute Gasteiger partial charge is 0.504 e. The molecular formula is C10H9NO3. The molecule has 0 spiro atoms. The van der Waals surface area contributed by atoms with Crippen molar-refractivity contribution in [1.29, 1.82) is 0 Å². The van der Waals surface area contributed by atoms with Crippen molar-refractivity contribution in [2.45, 2.75) is 0 Å². The minimum Gasteiger partial charge on any atom is -0.504 e. The van der Waals surface area contributed by atoms with Crippen molar-refractivity contribution in [2.24, 2.45) is 7.05 Å². The lowest BCUT2D eigenvalue weighted by Crippen LogP contribution is -2.15. The fourth-order valence-electron chi connectivity index (χ4n) is 1.40. The van der Waals surface area contributed by atoms with Crippen LogP contribution in [0.3, 0.4) is 0 Å². The third-order valence-corrected chi connectivity index (χ3v) is 2.20. The lowest BCUT2D eigenvalue weighted by molar-refractivity contribution is 0.408. The summed E-state index contributed by atoms with van der Waals surface area (Å²) in [6.07, 6.45) is 1.61. The van der Waals surface area contributed by atoms with Gasteiger partial charge >= 0.3 is 0 Å². The van der Waals surface area contributed by atoms with Crippen LogP contribution < -0.4 is 5.56 Å². The van der Waals surface area contributed by atoms with E-state index in [1.165, 1.54) is 10.6 Å². The first-order valence-corrected chi connectivity index (χ1v) is 4.11. The minimum atomic E-state index is -0.358. The maximum atomic E-state index is 11.6. The molecule has 72 valence electrons. The van der Waals surface area contributed by atoms with E-state index in [-0.39, 0.29) is 22.4 Å². The molecule has 4 heteroatoms. The Morgan fingerprint density at radius 1 is 1.21 bits per heavy atom. The van der Waals surface area contributed by atoms with E-state index < -0.39 is 0 Å². The number of nitrogens with zero attached hydrogens (tertiary/aromatic N) is 1. The van der Waals surface area contributed by atoms with Crippen LogP contribution in [-0.4, -0.2) is 14.8 Å². The molecule has 2 rings (SSSR count). The molecule has 0 unspecified atom stereocenters. The van der Waals surface area contributed by atoms with Crippen molar-refractivity contribution in [1.82, 2.24) is 4.57 Å². The summed E-state index contributed by atoms with van der Waals surface area (Å²) < 4.78 is 1.35. The molecule has 0 aliphatic rings. The maximum absolute atomic E-state index is 11.6. The maximum Gasteiger partial charge on any atom is 0.262 e. The topological polar surface area (TPSA) is 62.5 Å². The first kappa shape index (κ1) is 8.62. The normalized spacial score (nSPS) is 10.6. The summed E-state index contributed by atoms with van der Waals surface area (Å²) in [5.41, 5.74) is -0.323. The third-order valence-electron chi connectivity index (χ3n) is 2.20. The minimum absolute atomic E-state index is 0.148. The molecule has 0 saturated heterocycles. The second kappa shape index (κ2) is 2.77. The third kappa shape index (κ3) is 1.04. The molecule has 4 nitrogen and oxygen atoms in total. The van der Waals surface area contributed by atoms with Gasteiger partial charge < -0.3 is 14.8 Å². The lowest BCUT2D eigenvalue weighted by atomic mass is 10.1. The molecule has 0 fully saturated rings. The van der Waals surface area contributed by atoms with Crippen LogP contribution in [0.5, 0.6) is 11.5 Å². The van der Waals surface area contributed by atoms with Crippen molar-refractivity contribution in [3.63, 3.8) is 0 Å². The molecule has 1 aromatic carbocycles. The summed E-state index contributed by atoms with van der Waals surface area (Å²) in [6.45, 7) is 0. The highest BCUT2D eigenvalue weighted by Gasteiger charge is 2.09. The van der Waals surface area contributed by atoms with Crippen molar-refractivity contribution in [3.8, 4) is 11.5 Å². The number of benzene rings is 1. The number of aromatic nitrogens is 1. The number of phenols is 2. The summed E-state index contributed by atoms with van der Waals surface area (Å²) in [5.74, 6) is -0.635. The van der Waals surface area contributed by atoms with Crippen LogP contribution in [0, 0.1) is 0 Å². The van der Waals surface area contributed by atoms with Gasteiger partial charge in [0.2, 0.25) is 0 Å². The first-order chi connectivity index (χ1) is 6.61. The van der Waals surface area contributed by atoms with Gasteiger partial charge in [-0.3, -0.25) is 4.79 Å². The summed E-state index contributed by atoms with van der Waals surface area (Å²) in [7, 11) is 1.59. The van der Waals surface area contributed by atoms with E-state index in [4.69, 9.17) is 0 Å². The van der Waals surface area contributed by atoms with Crippen LogP contribution in [0.25, 0.3) is 10.8 Å². The number of phenolic OH excluding ortho intramolecular Hbond substituents is 2. The molecule has 0 aliphatic carbocycles. The van der Waals surface area contributed by atoms with E-state index in [0.29, 0.717) is 5.39 Å². The number of hydrogen-bond acceptors (Lipinski definition) is 3. The first-order valence-electron chi connectivity index (χ1n) is 4.11. The van der Waals surface area contributed by atoms with Crippen LogP contribution in [0.2, 0.25) is 0 Å². The van der Waals surface area contributed by atoms with Crippen LogP contribution >= 0.6 is 0 Å². The molecule has 0 aliphatic heterocycles. The number of fused-ring (bicyclic) bond motifs is 1. The van der Waals surface area contributed by atoms with Gasteiger partial charge in [0.1, 0.15) is 0 Å². The molecular weight excluding hydrogens is 182 g/mol.